The van der Waals surface area contributed by atoms with Crippen LogP contribution in [0, 0.1) is 5.82 Å². The van der Waals surface area contributed by atoms with E-state index in [0.717, 1.165) is 12.8 Å². The largest absolute Gasteiger partial charge is 0.494 e. The molecule has 0 heterocycles. The Labute approximate surface area is 147 Å². The summed E-state index contributed by atoms with van der Waals surface area (Å²) >= 11 is 0. The summed E-state index contributed by atoms with van der Waals surface area (Å²) < 4.78 is 18.5. The predicted molar refractivity (Wildman–Crippen MR) is 97.0 cm³/mol. The van der Waals surface area contributed by atoms with Crippen molar-refractivity contribution in [3.05, 3.63) is 71.6 Å². The van der Waals surface area contributed by atoms with Gasteiger partial charge in [0.05, 0.1) is 7.11 Å². The second-order valence-corrected chi connectivity index (χ2v) is 6.45. The first kappa shape index (κ1) is 17.2. The van der Waals surface area contributed by atoms with E-state index in [1.165, 1.54) is 31.2 Å². The number of nitrogens with one attached hydrogen (secondary N) is 1. The Bertz CT molecular complexity index is 767. The number of rotatable bonds is 6. The van der Waals surface area contributed by atoms with Gasteiger partial charge in [0.15, 0.2) is 11.6 Å². The highest BCUT2D eigenvalue weighted by Gasteiger charge is 2.38. The Balaban J connectivity index is 1.60. The summed E-state index contributed by atoms with van der Waals surface area (Å²) in [7, 11) is 1.42. The van der Waals surface area contributed by atoms with Crippen LogP contribution >= 0.6 is 0 Å². The van der Waals surface area contributed by atoms with Gasteiger partial charge in [0.25, 0.3) is 0 Å². The number of methoxy groups -OCH3 is 1. The Morgan fingerprint density at radius 1 is 1.24 bits per heavy atom. The Hall–Kier alpha value is -2.62. The lowest BCUT2D eigenvalue weighted by molar-refractivity contribution is -0.116. The molecule has 1 aliphatic carbocycles. The molecule has 1 fully saturated rings. The van der Waals surface area contributed by atoms with Gasteiger partial charge >= 0.3 is 0 Å². The summed E-state index contributed by atoms with van der Waals surface area (Å²) in [5.41, 5.74) is 1.95. The zero-order valence-corrected chi connectivity index (χ0v) is 14.3. The SMILES string of the molecule is COc1ccc(/C=C/C(=O)NCC2(c3ccccc3)CCC2)cc1F. The van der Waals surface area contributed by atoms with E-state index < -0.39 is 5.82 Å². The Kier molecular flexibility index (Phi) is 5.17. The number of halogens is 1. The van der Waals surface area contributed by atoms with E-state index in [1.807, 2.05) is 18.2 Å². The maximum Gasteiger partial charge on any atom is 0.244 e. The van der Waals surface area contributed by atoms with E-state index in [0.29, 0.717) is 12.1 Å². The van der Waals surface area contributed by atoms with E-state index >= 15 is 0 Å². The maximum absolute atomic E-state index is 13.7. The van der Waals surface area contributed by atoms with Crippen molar-refractivity contribution in [2.24, 2.45) is 0 Å². The van der Waals surface area contributed by atoms with Gasteiger partial charge in [-0.15, -0.1) is 0 Å². The molecule has 1 N–H and O–H groups in total. The second-order valence-electron chi connectivity index (χ2n) is 6.45. The molecule has 0 unspecified atom stereocenters. The van der Waals surface area contributed by atoms with E-state index in [-0.39, 0.29) is 17.1 Å². The topological polar surface area (TPSA) is 38.3 Å². The summed E-state index contributed by atoms with van der Waals surface area (Å²) in [6, 6.07) is 14.9. The summed E-state index contributed by atoms with van der Waals surface area (Å²) in [4.78, 5) is 12.1. The maximum atomic E-state index is 13.7. The first-order valence-corrected chi connectivity index (χ1v) is 8.48. The number of carbonyl (C=O) groups excluding carboxylic acids is 1. The van der Waals surface area contributed by atoms with Gasteiger partial charge in [0.1, 0.15) is 0 Å². The molecule has 25 heavy (non-hydrogen) atoms. The van der Waals surface area contributed by atoms with Gasteiger partial charge in [0, 0.05) is 18.0 Å². The minimum atomic E-state index is -0.442. The number of benzene rings is 2. The Morgan fingerprint density at radius 2 is 2.00 bits per heavy atom. The van der Waals surface area contributed by atoms with E-state index in [9.17, 15) is 9.18 Å². The van der Waals surface area contributed by atoms with Crippen molar-refractivity contribution >= 4 is 12.0 Å². The summed E-state index contributed by atoms with van der Waals surface area (Å²) in [6.07, 6.45) is 6.41. The first-order chi connectivity index (χ1) is 12.1. The quantitative estimate of drug-likeness (QED) is 0.805. The van der Waals surface area contributed by atoms with Crippen LogP contribution in [0.1, 0.15) is 30.4 Å². The van der Waals surface area contributed by atoms with E-state index in [4.69, 9.17) is 4.74 Å². The third kappa shape index (κ3) is 3.90. The van der Waals surface area contributed by atoms with E-state index in [1.54, 1.807) is 18.2 Å². The number of carbonyl (C=O) groups is 1. The molecule has 4 heteroatoms. The number of ether oxygens (including phenoxy) is 1. The van der Waals surface area contributed by atoms with Gasteiger partial charge in [-0.25, -0.2) is 4.39 Å². The van der Waals surface area contributed by atoms with Crippen molar-refractivity contribution in [1.82, 2.24) is 5.32 Å². The molecule has 0 radical (unpaired) electrons. The van der Waals surface area contributed by atoms with Crippen molar-refractivity contribution < 1.29 is 13.9 Å². The molecule has 1 amide bonds. The zero-order valence-electron chi connectivity index (χ0n) is 14.3. The fourth-order valence-electron chi connectivity index (χ4n) is 3.24. The van der Waals surface area contributed by atoms with Crippen LogP contribution in [0.15, 0.2) is 54.6 Å². The third-order valence-electron chi connectivity index (χ3n) is 4.90. The van der Waals surface area contributed by atoms with Gasteiger partial charge in [-0.1, -0.05) is 42.8 Å². The van der Waals surface area contributed by atoms with Crippen LogP contribution in [0.4, 0.5) is 4.39 Å². The highest BCUT2D eigenvalue weighted by molar-refractivity contribution is 5.91. The zero-order chi connectivity index (χ0) is 17.7. The fraction of sp³-hybridized carbons (Fsp3) is 0.286. The monoisotopic (exact) mass is 339 g/mol. The van der Waals surface area contributed by atoms with Crippen LogP contribution in [0.5, 0.6) is 5.75 Å². The molecule has 0 spiro atoms. The number of hydrogen-bond acceptors (Lipinski definition) is 2. The van der Waals surface area contributed by atoms with Crippen LogP contribution in [0.3, 0.4) is 0 Å². The van der Waals surface area contributed by atoms with Gasteiger partial charge in [-0.2, -0.15) is 0 Å². The molecule has 0 aromatic heterocycles. The lowest BCUT2D eigenvalue weighted by Crippen LogP contribution is -2.45. The van der Waals surface area contributed by atoms with Crippen LogP contribution in [-0.4, -0.2) is 19.6 Å². The standard InChI is InChI=1S/C21H22FNO2/c1-25-19-10-8-16(14-18(19)22)9-11-20(24)23-15-21(12-5-13-21)17-6-3-2-4-7-17/h2-4,6-11,14H,5,12-13,15H2,1H3,(H,23,24)/b11-9+. The van der Waals surface area contributed by atoms with Crippen molar-refractivity contribution in [1.29, 1.82) is 0 Å². The lowest BCUT2D eigenvalue weighted by atomic mass is 9.64. The Morgan fingerprint density at radius 3 is 2.60 bits per heavy atom. The molecule has 3 rings (SSSR count). The minimum Gasteiger partial charge on any atom is -0.494 e. The van der Waals surface area contributed by atoms with Crippen LogP contribution < -0.4 is 10.1 Å². The van der Waals surface area contributed by atoms with Crippen molar-refractivity contribution in [2.75, 3.05) is 13.7 Å². The van der Waals surface area contributed by atoms with E-state index in [2.05, 4.69) is 17.4 Å². The lowest BCUT2D eigenvalue weighted by Gasteiger charge is -2.42. The second kappa shape index (κ2) is 7.51. The molecule has 0 saturated heterocycles. The molecule has 2 aromatic carbocycles. The molecule has 130 valence electrons. The third-order valence-corrected chi connectivity index (χ3v) is 4.90. The molecular weight excluding hydrogens is 317 g/mol. The normalized spacial score (nSPS) is 15.6. The highest BCUT2D eigenvalue weighted by Crippen LogP contribution is 2.43. The average Bonchev–Trinajstić information content (AvgIpc) is 2.60. The number of amides is 1. The molecule has 1 saturated carbocycles. The predicted octanol–water partition coefficient (Wildman–Crippen LogP) is 4.09. The van der Waals surface area contributed by atoms with Crippen LogP contribution in [0.2, 0.25) is 0 Å². The number of hydrogen-bond donors (Lipinski definition) is 1. The molecular formula is C21H22FNO2. The molecule has 3 nitrogen and oxygen atoms in total. The van der Waals surface area contributed by atoms with Gasteiger partial charge in [-0.3, -0.25) is 4.79 Å². The molecule has 1 aliphatic rings. The molecule has 0 bridgehead atoms. The van der Waals surface area contributed by atoms with Gasteiger partial charge < -0.3 is 10.1 Å². The molecule has 2 aromatic rings. The average molecular weight is 339 g/mol. The fourth-order valence-corrected chi connectivity index (χ4v) is 3.24. The van der Waals surface area contributed by atoms with Crippen molar-refractivity contribution in [3.8, 4) is 5.75 Å². The van der Waals surface area contributed by atoms with Crippen LogP contribution in [0.25, 0.3) is 6.08 Å². The first-order valence-electron chi connectivity index (χ1n) is 8.48. The highest BCUT2D eigenvalue weighted by atomic mass is 19.1. The summed E-state index contributed by atoms with van der Waals surface area (Å²) in [5, 5.41) is 2.99. The summed E-state index contributed by atoms with van der Waals surface area (Å²) in [6.45, 7) is 0.622. The van der Waals surface area contributed by atoms with Crippen molar-refractivity contribution in [2.45, 2.75) is 24.7 Å². The molecule has 0 atom stereocenters. The van der Waals surface area contributed by atoms with Gasteiger partial charge in [0.2, 0.25) is 5.91 Å². The minimum absolute atomic E-state index is 0.0526. The molecule has 0 aliphatic heterocycles. The smallest absolute Gasteiger partial charge is 0.244 e. The van der Waals surface area contributed by atoms with Crippen molar-refractivity contribution in [3.63, 3.8) is 0 Å². The van der Waals surface area contributed by atoms with Gasteiger partial charge in [-0.05, 0) is 42.2 Å². The summed E-state index contributed by atoms with van der Waals surface area (Å²) in [5.74, 6) is -0.419. The van der Waals surface area contributed by atoms with Crippen LogP contribution in [-0.2, 0) is 10.2 Å².